The zero-order valence-corrected chi connectivity index (χ0v) is 46.9. The molecule has 2 aliphatic carbocycles. The molecule has 17 nitrogen and oxygen atoms in total. The number of benzene rings is 2. The van der Waals surface area contributed by atoms with Crippen LogP contribution in [0.4, 0.5) is 10.6 Å². The van der Waals surface area contributed by atoms with Gasteiger partial charge in [-0.2, -0.15) is 0 Å². The normalized spacial score (nSPS) is 21.9. The minimum Gasteiger partial charge on any atom is -0.444 e. The number of aromatic amines is 1. The van der Waals surface area contributed by atoms with Gasteiger partial charge in [-0.1, -0.05) is 55.1 Å². The highest BCUT2D eigenvalue weighted by Gasteiger charge is 2.45. The summed E-state index contributed by atoms with van der Waals surface area (Å²) < 4.78 is 5.73. The number of piperazine rings is 1. The lowest BCUT2D eigenvalue weighted by Crippen LogP contribution is -2.64. The molecule has 6 heterocycles. The number of likely N-dealkylation sites (tertiary alicyclic amines) is 2. The van der Waals surface area contributed by atoms with Gasteiger partial charge >= 0.3 is 6.09 Å². The Hall–Kier alpha value is -5.78. The third-order valence-corrected chi connectivity index (χ3v) is 17.8. The molecule has 4 aromatic rings. The van der Waals surface area contributed by atoms with E-state index in [0.717, 1.165) is 138 Å². The summed E-state index contributed by atoms with van der Waals surface area (Å²) in [6, 6.07) is 16.6. The van der Waals surface area contributed by atoms with Crippen molar-refractivity contribution in [3.05, 3.63) is 88.8 Å². The first-order valence-corrected chi connectivity index (χ1v) is 29.6. The van der Waals surface area contributed by atoms with Gasteiger partial charge in [-0.3, -0.25) is 19.2 Å². The van der Waals surface area contributed by atoms with E-state index in [-0.39, 0.29) is 47.4 Å². The second kappa shape index (κ2) is 24.7. The van der Waals surface area contributed by atoms with Gasteiger partial charge in [-0.15, -0.1) is 0 Å². The molecule has 6 fully saturated rings. The molecule has 2 saturated carbocycles. The molecule has 3 atom stereocenters. The Bertz CT molecular complexity index is 2710. The molecule has 1 unspecified atom stereocenters. The highest BCUT2D eigenvalue weighted by atomic mass is 35.5. The molecule has 4 aliphatic heterocycles. The van der Waals surface area contributed by atoms with Crippen molar-refractivity contribution in [3.63, 3.8) is 0 Å². The number of carbonyl (C=O) groups excluding carboxylic acids is 5. The van der Waals surface area contributed by atoms with Crippen molar-refractivity contribution in [1.82, 2.24) is 50.5 Å². The Morgan fingerprint density at radius 2 is 1.51 bits per heavy atom. The number of rotatable bonds is 16. The Kier molecular flexibility index (Phi) is 17.6. The van der Waals surface area contributed by atoms with E-state index < -0.39 is 23.3 Å². The van der Waals surface area contributed by atoms with Crippen molar-refractivity contribution in [2.45, 2.75) is 140 Å². The van der Waals surface area contributed by atoms with Crippen LogP contribution in [-0.4, -0.2) is 160 Å². The Balaban J connectivity index is 0.716. The molecule has 5 amide bonds. The number of carbonyl (C=O) groups is 5. The summed E-state index contributed by atoms with van der Waals surface area (Å²) in [7, 11) is 0. The van der Waals surface area contributed by atoms with Gasteiger partial charge in [0, 0.05) is 107 Å². The lowest BCUT2D eigenvalue weighted by atomic mass is 9.82. The third-order valence-electron chi connectivity index (χ3n) is 17.6. The number of halogens is 1. The number of anilines is 1. The number of nitrogens with one attached hydrogen (secondary N) is 4. The van der Waals surface area contributed by atoms with Crippen molar-refractivity contribution in [2.75, 3.05) is 83.4 Å². The second-order valence-corrected chi connectivity index (χ2v) is 24.7. The molecular formula is C60H82ClN11O6. The van der Waals surface area contributed by atoms with E-state index in [1.54, 1.807) is 6.33 Å². The van der Waals surface area contributed by atoms with Crippen molar-refractivity contribution >= 4 is 58.2 Å². The summed E-state index contributed by atoms with van der Waals surface area (Å²) in [6.45, 7) is 14.8. The van der Waals surface area contributed by atoms with Crippen LogP contribution in [0.15, 0.2) is 67.1 Å². The number of hydrogen-bond donors (Lipinski definition) is 4. The van der Waals surface area contributed by atoms with Crippen LogP contribution in [0.2, 0.25) is 5.02 Å². The number of alkyl carbamates (subject to hydrolysis) is 1. The van der Waals surface area contributed by atoms with Crippen LogP contribution >= 0.6 is 11.6 Å². The maximum atomic E-state index is 14.8. The van der Waals surface area contributed by atoms with E-state index in [1.807, 2.05) is 85.3 Å². The van der Waals surface area contributed by atoms with Crippen molar-refractivity contribution < 1.29 is 28.7 Å². The monoisotopic (exact) mass is 1090 g/mol. The summed E-state index contributed by atoms with van der Waals surface area (Å²) in [6.07, 6.45) is 15.2. The summed E-state index contributed by atoms with van der Waals surface area (Å²) in [5.74, 6) is 1.72. The third kappa shape index (κ3) is 13.8. The predicted octanol–water partition coefficient (Wildman–Crippen LogP) is 8.07. The number of amides is 5. The van der Waals surface area contributed by atoms with E-state index in [2.05, 4.69) is 51.7 Å². The number of nitrogens with zero attached hydrogens (tertiary/aromatic N) is 7. The molecule has 18 heteroatoms. The van der Waals surface area contributed by atoms with Gasteiger partial charge in [0.1, 0.15) is 35.0 Å². The molecular weight excluding hydrogens is 1010 g/mol. The molecule has 2 aromatic heterocycles. The number of ether oxygens (including phenoxy) is 1. The molecule has 0 spiro atoms. The summed E-state index contributed by atoms with van der Waals surface area (Å²) in [5, 5.41) is 11.2. The maximum absolute atomic E-state index is 14.8. The fourth-order valence-electron chi connectivity index (χ4n) is 12.9. The Labute approximate surface area is 465 Å². The first-order valence-electron chi connectivity index (χ1n) is 29.2. The maximum Gasteiger partial charge on any atom is 0.408 e. The second-order valence-electron chi connectivity index (χ2n) is 24.3. The molecule has 6 aliphatic rings. The largest absolute Gasteiger partial charge is 0.444 e. The van der Waals surface area contributed by atoms with E-state index in [4.69, 9.17) is 16.3 Å². The van der Waals surface area contributed by atoms with Gasteiger partial charge in [0.2, 0.25) is 17.7 Å². The zero-order chi connectivity index (χ0) is 54.4. The molecule has 4 N–H and O–H groups in total. The number of fused-ring (bicyclic) bond motifs is 1. The van der Waals surface area contributed by atoms with Crippen LogP contribution in [0, 0.1) is 17.8 Å². The summed E-state index contributed by atoms with van der Waals surface area (Å²) in [5.41, 5.74) is 1.40. The predicted molar refractivity (Wildman–Crippen MR) is 302 cm³/mol. The topological polar surface area (TPSA) is 188 Å². The molecule has 2 aromatic carbocycles. The van der Waals surface area contributed by atoms with Gasteiger partial charge in [-0.25, -0.2) is 14.8 Å². The fraction of sp³-hybridized carbons (Fsp3) is 0.617. The van der Waals surface area contributed by atoms with Crippen molar-refractivity contribution in [1.29, 1.82) is 0 Å². The quantitative estimate of drug-likeness (QED) is 0.0850. The highest BCUT2D eigenvalue weighted by molar-refractivity contribution is 6.30. The number of aromatic nitrogens is 3. The molecule has 420 valence electrons. The summed E-state index contributed by atoms with van der Waals surface area (Å²) >= 11 is 6.37. The van der Waals surface area contributed by atoms with Crippen LogP contribution < -0.4 is 20.9 Å². The number of piperidine rings is 3. The highest BCUT2D eigenvalue weighted by Crippen LogP contribution is 2.36. The van der Waals surface area contributed by atoms with Gasteiger partial charge in [0.15, 0.2) is 0 Å². The molecule has 78 heavy (non-hydrogen) atoms. The average molecular weight is 1090 g/mol. The first-order chi connectivity index (χ1) is 37.7. The van der Waals surface area contributed by atoms with Crippen LogP contribution in [-0.2, 0) is 19.1 Å². The number of hydrogen-bond acceptors (Lipinski definition) is 11. The van der Waals surface area contributed by atoms with Gasteiger partial charge in [0.05, 0.1) is 11.4 Å². The average Bonchev–Trinajstić information content (AvgIpc) is 4.21. The molecule has 4 saturated heterocycles. The minimum atomic E-state index is -1.22. The molecule has 0 radical (unpaired) electrons. The van der Waals surface area contributed by atoms with Crippen LogP contribution in [0.1, 0.15) is 144 Å². The van der Waals surface area contributed by atoms with Crippen LogP contribution in [0.3, 0.4) is 0 Å². The van der Waals surface area contributed by atoms with E-state index in [9.17, 15) is 24.0 Å². The first kappa shape index (κ1) is 55.5. The Morgan fingerprint density at radius 3 is 2.23 bits per heavy atom. The molecule has 0 bridgehead atoms. The minimum absolute atomic E-state index is 0.0601. The summed E-state index contributed by atoms with van der Waals surface area (Å²) in [4.78, 5) is 93.1. The van der Waals surface area contributed by atoms with Crippen LogP contribution in [0.5, 0.6) is 0 Å². The van der Waals surface area contributed by atoms with E-state index >= 15 is 0 Å². The van der Waals surface area contributed by atoms with Crippen LogP contribution in [0.25, 0.3) is 11.0 Å². The van der Waals surface area contributed by atoms with Crippen molar-refractivity contribution in [2.24, 2.45) is 17.8 Å². The van der Waals surface area contributed by atoms with Gasteiger partial charge < -0.3 is 50.2 Å². The molecule has 10 rings (SSSR count). The lowest BCUT2D eigenvalue weighted by molar-refractivity contribution is -0.136. The SMILES string of the molecule is CC(C)(C)OC(=O)NC1(C(=O)N[C@@H](CCN2CCN(CC3CCN(C(=O)[C@H](NC(=O)c4cccc(C5CCCN(C(=O)C6CC6)C5)c4)C4CCCCC4)CC3)CC2)c2ccc(Cl)cc2)CCN(c2ncnc3[nH]ccc23)CC1. The van der Waals surface area contributed by atoms with Gasteiger partial charge in [-0.05, 0) is 145 Å². The van der Waals surface area contributed by atoms with E-state index in [0.29, 0.717) is 68.5 Å². The van der Waals surface area contributed by atoms with Gasteiger partial charge in [0.25, 0.3) is 5.91 Å². The zero-order valence-electron chi connectivity index (χ0n) is 46.2. The number of H-pyrrole nitrogens is 1. The standard InChI is InChI=1S/C60H82ClN11O6/c1-59(2,3)78-58(77)67-60(24-31-70(32-25-60)53-49-20-26-62-52(49)63-40-64-53)57(76)65-50(42-16-18-48(61)19-17-42)23-28-68-33-35-69(36-34-68)38-41-21-29-71(30-22-41)56(75)51(43-9-5-4-6-10-43)66-54(73)46-12-7-11-45(37-46)47-13-8-27-72(39-47)55(74)44-14-15-44/h7,11-12,16-20,26,37,40-41,43-44,47,50-51H,4-6,8-10,13-15,21-25,27-36,38-39H2,1-3H3,(H,65,76)(H,66,73)(H,67,77)(H,62,63,64)/t47?,50-,51+/m0/s1. The smallest absolute Gasteiger partial charge is 0.408 e. The lowest BCUT2D eigenvalue weighted by Gasteiger charge is -2.42. The van der Waals surface area contributed by atoms with E-state index in [1.165, 1.54) is 6.42 Å². The fourth-order valence-corrected chi connectivity index (χ4v) is 13.0. The van der Waals surface area contributed by atoms with Crippen molar-refractivity contribution in [3.8, 4) is 0 Å². The Morgan fingerprint density at radius 1 is 0.782 bits per heavy atom.